The van der Waals surface area contributed by atoms with Crippen molar-refractivity contribution in [3.63, 3.8) is 0 Å². The van der Waals surface area contributed by atoms with E-state index in [0.29, 0.717) is 0 Å². The van der Waals surface area contributed by atoms with E-state index in [4.69, 9.17) is 13.6 Å². The quantitative estimate of drug-likeness (QED) is 0.373. The van der Waals surface area contributed by atoms with Crippen molar-refractivity contribution in [2.24, 2.45) is 5.73 Å². The molecule has 0 bridgehead atoms. The Kier molecular flexibility index (Phi) is 2.35. The zero-order chi connectivity index (χ0) is 3.41. The fourth-order valence-electron chi connectivity index (χ4n) is 0. The maximum absolute atomic E-state index is 4.72. The lowest BCUT2D eigenvalue weighted by molar-refractivity contribution is 1.63. The standard InChI is InChI=1S/C2H4BN/c3-1-2-4/h1-2H,4H2/b2-1-. The number of hydrogen-bond donors (Lipinski definition) is 1. The Labute approximate surface area is 26.9 Å². The van der Waals surface area contributed by atoms with E-state index >= 15 is 0 Å². The van der Waals surface area contributed by atoms with Gasteiger partial charge in [0, 0.05) is 0 Å². The molecule has 0 aromatic carbocycles. The highest BCUT2D eigenvalue weighted by Gasteiger charge is 1.34. The molecule has 4 heavy (non-hydrogen) atoms. The fourth-order valence-corrected chi connectivity index (χ4v) is 0. The Hall–Kier alpha value is -0.395. The molecule has 0 fully saturated rings. The first-order valence-corrected chi connectivity index (χ1v) is 1.00. The maximum atomic E-state index is 4.72. The van der Waals surface area contributed by atoms with Crippen LogP contribution in [-0.4, -0.2) is 7.85 Å². The van der Waals surface area contributed by atoms with Gasteiger partial charge in [0.15, 0.2) is 0 Å². The first kappa shape index (κ1) is 3.60. The van der Waals surface area contributed by atoms with Gasteiger partial charge in [0.25, 0.3) is 0 Å². The molecular formula is C2H4BN. The van der Waals surface area contributed by atoms with Crippen molar-refractivity contribution in [1.82, 2.24) is 0 Å². The molecule has 2 N–H and O–H groups in total. The molecule has 0 unspecified atom stereocenters. The van der Waals surface area contributed by atoms with E-state index in [-0.39, 0.29) is 0 Å². The molecule has 0 amide bonds. The molecule has 20 valence electrons. The Bertz CT molecular complexity index is 21.2. The topological polar surface area (TPSA) is 26.0 Å². The normalized spacial score (nSPS) is 9.00. The first-order valence-electron chi connectivity index (χ1n) is 1.00. The third-order valence-electron chi connectivity index (χ3n) is 0.111. The Morgan fingerprint density at radius 3 is 2.00 bits per heavy atom. The predicted molar refractivity (Wildman–Crippen MR) is 19.1 cm³/mol. The lowest BCUT2D eigenvalue weighted by atomic mass is 10.2. The summed E-state index contributed by atoms with van der Waals surface area (Å²) in [6.07, 6.45) is 1.28. The van der Waals surface area contributed by atoms with E-state index in [0.717, 1.165) is 0 Å². The highest BCUT2D eigenvalue weighted by molar-refractivity contribution is 6.16. The average Bonchev–Trinajstić information content (AvgIpc) is 1.37. The molecule has 2 radical (unpaired) electrons. The van der Waals surface area contributed by atoms with Crippen LogP contribution in [0.1, 0.15) is 0 Å². The van der Waals surface area contributed by atoms with Crippen LogP contribution in [0.5, 0.6) is 0 Å². The maximum Gasteiger partial charge on any atom is 0.104 e. The van der Waals surface area contributed by atoms with Gasteiger partial charge in [-0.05, 0) is 6.20 Å². The molecule has 0 aliphatic heterocycles. The van der Waals surface area contributed by atoms with Gasteiger partial charge in [0.05, 0.1) is 0 Å². The van der Waals surface area contributed by atoms with Gasteiger partial charge in [-0.1, -0.05) is 0 Å². The van der Waals surface area contributed by atoms with Crippen LogP contribution in [0.25, 0.3) is 0 Å². The number of nitrogens with two attached hydrogens (primary N) is 1. The molecule has 0 aliphatic rings. The van der Waals surface area contributed by atoms with Crippen molar-refractivity contribution in [3.8, 4) is 0 Å². The summed E-state index contributed by atoms with van der Waals surface area (Å²) in [7, 11) is 4.72. The van der Waals surface area contributed by atoms with Crippen LogP contribution in [0.15, 0.2) is 12.2 Å². The van der Waals surface area contributed by atoms with Gasteiger partial charge in [-0.25, -0.2) is 0 Å². The summed E-state index contributed by atoms with van der Waals surface area (Å²) in [5, 5.41) is 0. The predicted octanol–water partition coefficient (Wildman–Crippen LogP) is -0.415. The second-order valence-corrected chi connectivity index (χ2v) is 0.385. The van der Waals surface area contributed by atoms with E-state index < -0.39 is 0 Å². The van der Waals surface area contributed by atoms with Crippen molar-refractivity contribution in [3.05, 3.63) is 12.2 Å². The lowest BCUT2D eigenvalue weighted by Crippen LogP contribution is -1.72. The van der Waals surface area contributed by atoms with E-state index in [1.54, 1.807) is 0 Å². The zero-order valence-corrected chi connectivity index (χ0v) is 2.31. The molecule has 0 spiro atoms. The zero-order valence-electron chi connectivity index (χ0n) is 2.31. The van der Waals surface area contributed by atoms with E-state index in [1.807, 2.05) is 0 Å². The summed E-state index contributed by atoms with van der Waals surface area (Å²) >= 11 is 0. The third kappa shape index (κ3) is 1.60. The molecule has 0 saturated heterocycles. The molecule has 0 atom stereocenters. The minimum atomic E-state index is 1.28. The van der Waals surface area contributed by atoms with Gasteiger partial charge < -0.3 is 5.73 Å². The van der Waals surface area contributed by atoms with Gasteiger partial charge in [0.1, 0.15) is 7.85 Å². The second kappa shape index (κ2) is 2.60. The first-order chi connectivity index (χ1) is 1.91. The third-order valence-corrected chi connectivity index (χ3v) is 0.111. The van der Waals surface area contributed by atoms with Crippen LogP contribution in [0.2, 0.25) is 0 Å². The Balaban J connectivity index is 2.55. The summed E-state index contributed by atoms with van der Waals surface area (Å²) in [6, 6.07) is 0. The fraction of sp³-hybridized carbons (Fsp3) is 0. The Morgan fingerprint density at radius 1 is 1.75 bits per heavy atom. The van der Waals surface area contributed by atoms with E-state index in [1.165, 1.54) is 12.2 Å². The van der Waals surface area contributed by atoms with Crippen LogP contribution >= 0.6 is 0 Å². The smallest absolute Gasteiger partial charge is 0.104 e. The Morgan fingerprint density at radius 2 is 2.00 bits per heavy atom. The van der Waals surface area contributed by atoms with Crippen molar-refractivity contribution in [2.45, 2.75) is 0 Å². The van der Waals surface area contributed by atoms with Crippen molar-refractivity contribution in [1.29, 1.82) is 0 Å². The van der Waals surface area contributed by atoms with Gasteiger partial charge in [-0.2, -0.15) is 0 Å². The van der Waals surface area contributed by atoms with Crippen LogP contribution in [0.3, 0.4) is 0 Å². The van der Waals surface area contributed by atoms with Crippen LogP contribution in [-0.2, 0) is 0 Å². The largest absolute Gasteiger partial charge is 0.406 e. The highest BCUT2D eigenvalue weighted by atomic mass is 14.5. The molecule has 0 aliphatic carbocycles. The second-order valence-electron chi connectivity index (χ2n) is 0.385. The van der Waals surface area contributed by atoms with Crippen LogP contribution in [0.4, 0.5) is 0 Å². The van der Waals surface area contributed by atoms with Crippen LogP contribution < -0.4 is 5.73 Å². The van der Waals surface area contributed by atoms with Crippen molar-refractivity contribution < 1.29 is 0 Å². The summed E-state index contributed by atoms with van der Waals surface area (Å²) in [5.74, 6) is 1.28. The monoisotopic (exact) mass is 53.0 g/mol. The number of rotatable bonds is 0. The van der Waals surface area contributed by atoms with Gasteiger partial charge >= 0.3 is 0 Å². The van der Waals surface area contributed by atoms with Gasteiger partial charge in [-0.15, -0.1) is 5.98 Å². The lowest BCUT2D eigenvalue weighted by Gasteiger charge is -1.53. The molecule has 1 nitrogen and oxygen atoms in total. The van der Waals surface area contributed by atoms with Crippen LogP contribution in [0, 0.1) is 0 Å². The SMILES string of the molecule is [B]/C=C\N. The molecule has 0 saturated carbocycles. The van der Waals surface area contributed by atoms with E-state index in [9.17, 15) is 0 Å². The summed E-state index contributed by atoms with van der Waals surface area (Å²) < 4.78 is 0. The highest BCUT2D eigenvalue weighted by Crippen LogP contribution is 1.36. The molecule has 2 heteroatoms. The summed E-state index contributed by atoms with van der Waals surface area (Å²) in [6.45, 7) is 0. The number of hydrogen-bond acceptors (Lipinski definition) is 1. The van der Waals surface area contributed by atoms with Crippen molar-refractivity contribution >= 4 is 7.85 Å². The minimum absolute atomic E-state index is 1.28. The van der Waals surface area contributed by atoms with Gasteiger partial charge in [-0.3, -0.25) is 0 Å². The molecular weight excluding hydrogens is 48.8 g/mol. The molecule has 0 aromatic rings. The minimum Gasteiger partial charge on any atom is -0.406 e. The average molecular weight is 52.9 g/mol. The van der Waals surface area contributed by atoms with E-state index in [2.05, 4.69) is 0 Å². The summed E-state index contributed by atoms with van der Waals surface area (Å²) in [5.41, 5.74) is 4.72. The van der Waals surface area contributed by atoms with Gasteiger partial charge in [0.2, 0.25) is 0 Å². The molecule has 0 aromatic heterocycles. The molecule has 0 heterocycles. The molecule has 0 rings (SSSR count). The van der Waals surface area contributed by atoms with Crippen molar-refractivity contribution in [2.75, 3.05) is 0 Å². The summed E-state index contributed by atoms with van der Waals surface area (Å²) in [4.78, 5) is 0.